The molecule has 6 aliphatic rings. The van der Waals surface area contributed by atoms with Crippen molar-refractivity contribution in [3.05, 3.63) is 34.9 Å². The minimum Gasteiger partial charge on any atom is -0.496 e. The van der Waals surface area contributed by atoms with Gasteiger partial charge in [-0.05, 0) is 111 Å². The molecule has 0 spiro atoms. The molecule has 7 rings (SSSR count). The lowest BCUT2D eigenvalue weighted by molar-refractivity contribution is -0.139. The number of likely N-dealkylation sites (tertiary alicyclic amines) is 1. The maximum Gasteiger partial charge on any atom is 0.407 e. The number of rotatable bonds is 16. The molecule has 4 amide bonds. The molecule has 14 heteroatoms. The predicted octanol–water partition coefficient (Wildman–Crippen LogP) is 2.77. The van der Waals surface area contributed by atoms with Crippen molar-refractivity contribution in [3.63, 3.8) is 0 Å². The fraction of sp³-hybridized carbons (Fsp3) is 0.667. The van der Waals surface area contributed by atoms with Gasteiger partial charge in [0.1, 0.15) is 23.9 Å². The van der Waals surface area contributed by atoms with E-state index in [2.05, 4.69) is 33.6 Å². The summed E-state index contributed by atoms with van der Waals surface area (Å²) < 4.78 is 43.8. The van der Waals surface area contributed by atoms with Gasteiger partial charge in [0.05, 0.1) is 25.1 Å². The third-order valence-electron chi connectivity index (χ3n) is 11.4. The molecule has 0 bridgehead atoms. The first-order valence-corrected chi connectivity index (χ1v) is 19.6. The molecule has 0 radical (unpaired) electrons. The second-order valence-electron chi connectivity index (χ2n) is 14.9. The van der Waals surface area contributed by atoms with Crippen LogP contribution in [0.4, 0.5) is 4.79 Å². The number of hydrogen-bond donors (Lipinski definition) is 3. The third kappa shape index (κ3) is 7.23. The molecular formula is C36H48N4O9S. The summed E-state index contributed by atoms with van der Waals surface area (Å²) in [6.07, 6.45) is 11.4. The summed E-state index contributed by atoms with van der Waals surface area (Å²) in [6, 6.07) is 3.24. The van der Waals surface area contributed by atoms with Gasteiger partial charge in [-0.15, -0.1) is 0 Å². The monoisotopic (exact) mass is 712 g/mol. The summed E-state index contributed by atoms with van der Waals surface area (Å²) in [5.74, 6) is 0.561. The molecule has 1 aromatic carbocycles. The Bertz CT molecular complexity index is 1670. The molecule has 2 unspecified atom stereocenters. The molecule has 6 atom stereocenters. The van der Waals surface area contributed by atoms with Crippen LogP contribution in [0.25, 0.3) is 6.08 Å². The molecule has 4 saturated carbocycles. The Morgan fingerprint density at radius 2 is 1.82 bits per heavy atom. The summed E-state index contributed by atoms with van der Waals surface area (Å²) in [6.45, 7) is -0.0240. The van der Waals surface area contributed by atoms with Crippen molar-refractivity contribution in [2.24, 2.45) is 17.8 Å². The van der Waals surface area contributed by atoms with Gasteiger partial charge in [0, 0.05) is 20.1 Å². The molecule has 0 aromatic heterocycles. The highest BCUT2D eigenvalue weighted by atomic mass is 32.2. The summed E-state index contributed by atoms with van der Waals surface area (Å²) in [5.41, 5.74) is 2.67. The largest absolute Gasteiger partial charge is 0.496 e. The first-order valence-electron chi connectivity index (χ1n) is 18.0. The second kappa shape index (κ2) is 13.8. The second-order valence-corrected chi connectivity index (χ2v) is 16.8. The Kier molecular flexibility index (Phi) is 9.61. The van der Waals surface area contributed by atoms with Crippen LogP contribution in [-0.4, -0.2) is 94.0 Å². The SMILES string of the molecule is COc1ccc2c(c1CCCCCOC(=O)NCC(=O)N1C[C@@H](OC)C[C@H]1C(=O)N[C@]1(C(=O)NS(=O)(=O)C3CC3)C[C@@H]1C1CC1)C1CC1C=C2. The number of hydrogen-bond acceptors (Lipinski definition) is 9. The van der Waals surface area contributed by atoms with Crippen LogP contribution in [0, 0.1) is 17.8 Å². The van der Waals surface area contributed by atoms with Crippen molar-refractivity contribution in [1.29, 1.82) is 0 Å². The number of benzene rings is 1. The molecule has 1 saturated heterocycles. The minimum atomic E-state index is -3.79. The molecule has 1 aromatic rings. The molecule has 5 fully saturated rings. The third-order valence-corrected chi connectivity index (χ3v) is 13.2. The quantitative estimate of drug-likeness (QED) is 0.218. The van der Waals surface area contributed by atoms with E-state index >= 15 is 0 Å². The zero-order valence-corrected chi connectivity index (χ0v) is 29.6. The highest BCUT2D eigenvalue weighted by Crippen LogP contribution is 2.57. The number of fused-ring (bicyclic) bond motifs is 3. The van der Waals surface area contributed by atoms with E-state index in [-0.39, 0.29) is 38.0 Å². The summed E-state index contributed by atoms with van der Waals surface area (Å²) in [7, 11) is -0.585. The van der Waals surface area contributed by atoms with Crippen LogP contribution < -0.4 is 20.1 Å². The maximum absolute atomic E-state index is 13.7. The van der Waals surface area contributed by atoms with Crippen LogP contribution >= 0.6 is 0 Å². The number of sulfonamides is 1. The van der Waals surface area contributed by atoms with E-state index in [4.69, 9.17) is 14.2 Å². The Labute approximate surface area is 293 Å². The van der Waals surface area contributed by atoms with Gasteiger partial charge in [-0.2, -0.15) is 0 Å². The van der Waals surface area contributed by atoms with Crippen LogP contribution in [0.2, 0.25) is 0 Å². The van der Waals surface area contributed by atoms with E-state index in [1.807, 2.05) is 6.07 Å². The van der Waals surface area contributed by atoms with Crippen molar-refractivity contribution in [3.8, 4) is 5.75 Å². The van der Waals surface area contributed by atoms with Gasteiger partial charge >= 0.3 is 6.09 Å². The number of amides is 4. The standard InChI is InChI=1S/C36H48N4O9S/c1-47-24-17-29(33(42)38-36(18-28(36)21-7-8-21)34(43)39-50(45,46)25-12-13-25)40(20-24)31(41)19-37-35(44)49-15-5-3-4-6-26-30(48-2)14-11-22-9-10-23-16-27(23)32(22)26/h9-11,14,21,23-25,27-29H,3-8,12-13,15-20H2,1-2H3,(H,37,44)(H,38,42)(H,39,43)/t23?,24-,27?,28+,29-,36+/m0/s1. The van der Waals surface area contributed by atoms with Crippen LogP contribution in [0.15, 0.2) is 18.2 Å². The number of carbonyl (C=O) groups excluding carboxylic acids is 4. The number of ether oxygens (including phenoxy) is 3. The van der Waals surface area contributed by atoms with Crippen molar-refractivity contribution in [2.45, 2.75) is 99.5 Å². The molecule has 1 heterocycles. The number of carbonyl (C=O) groups is 4. The fourth-order valence-corrected chi connectivity index (χ4v) is 9.39. The first kappa shape index (κ1) is 34.8. The van der Waals surface area contributed by atoms with Crippen LogP contribution in [-0.2, 0) is 40.3 Å². The van der Waals surface area contributed by atoms with Crippen LogP contribution in [0.1, 0.15) is 86.8 Å². The smallest absolute Gasteiger partial charge is 0.407 e. The van der Waals surface area contributed by atoms with Gasteiger partial charge in [-0.1, -0.05) is 18.2 Å². The van der Waals surface area contributed by atoms with Crippen molar-refractivity contribution < 1.29 is 41.8 Å². The number of allylic oxidation sites excluding steroid dienone is 1. The fourth-order valence-electron chi connectivity index (χ4n) is 8.02. The van der Waals surface area contributed by atoms with E-state index < -0.39 is 56.8 Å². The van der Waals surface area contributed by atoms with Gasteiger partial charge in [-0.25, -0.2) is 13.2 Å². The number of nitrogens with one attached hydrogen (secondary N) is 3. The normalized spacial score (nSPS) is 29.0. The summed E-state index contributed by atoms with van der Waals surface area (Å²) >= 11 is 0. The van der Waals surface area contributed by atoms with Crippen LogP contribution in [0.5, 0.6) is 5.75 Å². The number of unbranched alkanes of at least 4 members (excludes halogenated alkanes) is 2. The van der Waals surface area contributed by atoms with Crippen LogP contribution in [0.3, 0.4) is 0 Å². The lowest BCUT2D eigenvalue weighted by atomic mass is 9.89. The van der Waals surface area contributed by atoms with E-state index in [1.54, 1.807) is 7.11 Å². The van der Waals surface area contributed by atoms with Gasteiger partial charge < -0.3 is 29.7 Å². The lowest BCUT2D eigenvalue weighted by Gasteiger charge is -2.27. The lowest BCUT2D eigenvalue weighted by Crippen LogP contribution is -2.57. The van der Waals surface area contributed by atoms with Crippen molar-refractivity contribution in [1.82, 2.24) is 20.3 Å². The first-order chi connectivity index (χ1) is 24.0. The zero-order valence-electron chi connectivity index (χ0n) is 28.8. The summed E-state index contributed by atoms with van der Waals surface area (Å²) in [5, 5.41) is 4.78. The Morgan fingerprint density at radius 3 is 2.54 bits per heavy atom. The van der Waals surface area contributed by atoms with Gasteiger partial charge in [0.15, 0.2) is 0 Å². The highest BCUT2D eigenvalue weighted by molar-refractivity contribution is 7.91. The minimum absolute atomic E-state index is 0.137. The van der Waals surface area contributed by atoms with Gasteiger partial charge in [0.25, 0.3) is 5.91 Å². The average molecular weight is 713 g/mol. The van der Waals surface area contributed by atoms with Gasteiger partial charge in [0.2, 0.25) is 21.8 Å². The maximum atomic E-state index is 13.7. The number of nitrogens with zero attached hydrogens (tertiary/aromatic N) is 1. The highest BCUT2D eigenvalue weighted by Gasteiger charge is 2.67. The summed E-state index contributed by atoms with van der Waals surface area (Å²) in [4.78, 5) is 54.0. The molecular weight excluding hydrogens is 664 g/mol. The Hall–Kier alpha value is -3.65. The van der Waals surface area contributed by atoms with Gasteiger partial charge in [-0.3, -0.25) is 19.1 Å². The molecule has 272 valence electrons. The molecule has 3 N–H and O–H groups in total. The van der Waals surface area contributed by atoms with E-state index in [1.165, 1.54) is 35.1 Å². The Morgan fingerprint density at radius 1 is 1.02 bits per heavy atom. The number of alkyl carbamates (subject to hydrolysis) is 1. The van der Waals surface area contributed by atoms with E-state index in [9.17, 15) is 27.6 Å². The Balaban J connectivity index is 0.866. The molecule has 5 aliphatic carbocycles. The van der Waals surface area contributed by atoms with E-state index in [0.29, 0.717) is 37.5 Å². The number of methoxy groups -OCH3 is 2. The average Bonchev–Trinajstić information content (AvgIpc) is 3.91. The molecule has 13 nitrogen and oxygen atoms in total. The zero-order chi connectivity index (χ0) is 35.2. The van der Waals surface area contributed by atoms with Crippen molar-refractivity contribution in [2.75, 3.05) is 33.9 Å². The predicted molar refractivity (Wildman–Crippen MR) is 182 cm³/mol. The van der Waals surface area contributed by atoms with E-state index in [0.717, 1.165) is 37.9 Å². The molecule has 1 aliphatic heterocycles. The van der Waals surface area contributed by atoms with Crippen molar-refractivity contribution >= 4 is 39.9 Å². The molecule has 50 heavy (non-hydrogen) atoms. The topological polar surface area (TPSA) is 169 Å².